The lowest BCUT2D eigenvalue weighted by atomic mass is 9.97. The van der Waals surface area contributed by atoms with Gasteiger partial charge in [-0.3, -0.25) is 4.79 Å². The van der Waals surface area contributed by atoms with Crippen LogP contribution in [0.3, 0.4) is 0 Å². The van der Waals surface area contributed by atoms with Crippen molar-refractivity contribution in [3.8, 4) is 11.5 Å². The number of likely N-dealkylation sites (tertiary alicyclic amines) is 2. The summed E-state index contributed by atoms with van der Waals surface area (Å²) in [7, 11) is 0. The average molecular weight is 387 g/mol. The first-order chi connectivity index (χ1) is 13.7. The highest BCUT2D eigenvalue weighted by Gasteiger charge is 2.31. The lowest BCUT2D eigenvalue weighted by molar-refractivity contribution is -0.126. The summed E-state index contributed by atoms with van der Waals surface area (Å²) < 4.78 is 11.1. The molecule has 0 bridgehead atoms. The van der Waals surface area contributed by atoms with E-state index in [-0.39, 0.29) is 17.9 Å². The quantitative estimate of drug-likeness (QED) is 0.858. The largest absolute Gasteiger partial charge is 0.486 e. The van der Waals surface area contributed by atoms with Crippen molar-refractivity contribution < 1.29 is 19.1 Å². The van der Waals surface area contributed by atoms with E-state index >= 15 is 0 Å². The Labute approximate surface area is 166 Å². The summed E-state index contributed by atoms with van der Waals surface area (Å²) >= 11 is 0. The van der Waals surface area contributed by atoms with E-state index in [1.165, 1.54) is 0 Å². The van der Waals surface area contributed by atoms with Crippen LogP contribution in [0.2, 0.25) is 0 Å². The van der Waals surface area contributed by atoms with Crippen LogP contribution in [0.1, 0.15) is 31.2 Å². The van der Waals surface area contributed by atoms with E-state index in [4.69, 9.17) is 9.47 Å². The van der Waals surface area contributed by atoms with Crippen molar-refractivity contribution in [3.63, 3.8) is 0 Å². The van der Waals surface area contributed by atoms with Gasteiger partial charge in [-0.1, -0.05) is 6.07 Å². The Kier molecular flexibility index (Phi) is 5.88. The van der Waals surface area contributed by atoms with Crippen LogP contribution in [0.4, 0.5) is 4.79 Å². The zero-order chi connectivity index (χ0) is 19.3. The number of fused-ring (bicyclic) bond motifs is 1. The molecule has 2 fully saturated rings. The third kappa shape index (κ3) is 4.34. The fourth-order valence-electron chi connectivity index (χ4n) is 4.19. The first-order valence-corrected chi connectivity index (χ1v) is 10.4. The summed E-state index contributed by atoms with van der Waals surface area (Å²) in [6.45, 7) is 4.72. The second-order valence-corrected chi connectivity index (χ2v) is 7.78. The summed E-state index contributed by atoms with van der Waals surface area (Å²) in [5.74, 6) is 1.50. The predicted octanol–water partition coefficient (Wildman–Crippen LogP) is 2.04. The topological polar surface area (TPSA) is 71.1 Å². The number of nitrogens with one attached hydrogen (secondary N) is 1. The number of hydrogen-bond acceptors (Lipinski definition) is 4. The Balaban J connectivity index is 1.25. The van der Waals surface area contributed by atoms with E-state index < -0.39 is 0 Å². The molecule has 3 aliphatic heterocycles. The first-order valence-electron chi connectivity index (χ1n) is 10.4. The number of piperidine rings is 1. The van der Waals surface area contributed by atoms with Crippen molar-refractivity contribution in [2.75, 3.05) is 45.9 Å². The minimum Gasteiger partial charge on any atom is -0.486 e. The van der Waals surface area contributed by atoms with Crippen LogP contribution in [-0.2, 0) is 11.2 Å². The number of urea groups is 1. The molecule has 0 unspecified atom stereocenters. The molecule has 1 N–H and O–H groups in total. The Morgan fingerprint density at radius 1 is 1.00 bits per heavy atom. The molecule has 0 aromatic heterocycles. The minimum atomic E-state index is -0.111. The van der Waals surface area contributed by atoms with Crippen LogP contribution in [0.15, 0.2) is 18.2 Å². The second-order valence-electron chi connectivity index (χ2n) is 7.78. The van der Waals surface area contributed by atoms with Gasteiger partial charge in [0.15, 0.2) is 11.5 Å². The van der Waals surface area contributed by atoms with E-state index in [1.807, 2.05) is 28.0 Å². The molecule has 3 aliphatic rings. The van der Waals surface area contributed by atoms with Crippen molar-refractivity contribution in [1.82, 2.24) is 15.1 Å². The summed E-state index contributed by atoms with van der Waals surface area (Å²) in [4.78, 5) is 29.0. The molecule has 7 heteroatoms. The monoisotopic (exact) mass is 387 g/mol. The number of ether oxygens (including phenoxy) is 2. The van der Waals surface area contributed by atoms with Gasteiger partial charge in [-0.25, -0.2) is 4.79 Å². The maximum atomic E-state index is 12.6. The zero-order valence-corrected chi connectivity index (χ0v) is 16.3. The number of carbonyl (C=O) groups excluding carboxylic acids is 2. The summed E-state index contributed by atoms with van der Waals surface area (Å²) in [5.41, 5.74) is 1.11. The maximum Gasteiger partial charge on any atom is 0.320 e. The Hall–Kier alpha value is -2.44. The molecular formula is C21H29N3O4. The maximum absolute atomic E-state index is 12.6. The molecule has 0 aliphatic carbocycles. The number of nitrogens with zero attached hydrogens (tertiary/aromatic N) is 2. The van der Waals surface area contributed by atoms with Crippen LogP contribution < -0.4 is 14.8 Å². The standard InChI is InChI=1S/C21H29N3O4/c25-20(17-4-3-11-24(15-17)21(26)23-9-1-2-10-23)22-8-7-16-5-6-18-19(14-16)28-13-12-27-18/h5-6,14,17H,1-4,7-13,15H2,(H,22,25)/t17-/m0/s1. The number of hydrogen-bond donors (Lipinski definition) is 1. The Bertz CT molecular complexity index is 718. The van der Waals surface area contributed by atoms with Crippen molar-refractivity contribution in [3.05, 3.63) is 23.8 Å². The van der Waals surface area contributed by atoms with E-state index in [0.29, 0.717) is 26.3 Å². The smallest absolute Gasteiger partial charge is 0.320 e. The van der Waals surface area contributed by atoms with E-state index in [2.05, 4.69) is 5.32 Å². The van der Waals surface area contributed by atoms with Crippen LogP contribution in [0, 0.1) is 5.92 Å². The van der Waals surface area contributed by atoms with Crippen molar-refractivity contribution in [2.24, 2.45) is 5.92 Å². The number of carbonyl (C=O) groups is 2. The third-order valence-corrected chi connectivity index (χ3v) is 5.76. The van der Waals surface area contributed by atoms with Crippen LogP contribution in [-0.4, -0.2) is 67.7 Å². The average Bonchev–Trinajstić information content (AvgIpc) is 3.28. The molecule has 1 atom stereocenters. The van der Waals surface area contributed by atoms with Crippen molar-refractivity contribution in [2.45, 2.75) is 32.1 Å². The fourth-order valence-corrected chi connectivity index (χ4v) is 4.19. The minimum absolute atomic E-state index is 0.0523. The fraction of sp³-hybridized carbons (Fsp3) is 0.619. The second kappa shape index (κ2) is 8.71. The number of amides is 3. The molecule has 1 aromatic rings. The molecule has 4 rings (SSSR count). The van der Waals surface area contributed by atoms with E-state index in [9.17, 15) is 9.59 Å². The molecule has 3 amide bonds. The SMILES string of the molecule is O=C(NCCc1ccc2c(c1)OCCO2)[C@H]1CCCN(C(=O)N2CCCC2)C1. The third-order valence-electron chi connectivity index (χ3n) is 5.76. The van der Waals surface area contributed by atoms with E-state index in [1.54, 1.807) is 0 Å². The molecule has 152 valence electrons. The molecule has 0 radical (unpaired) electrons. The number of benzene rings is 1. The van der Waals surface area contributed by atoms with Crippen molar-refractivity contribution in [1.29, 1.82) is 0 Å². The normalized spacial score (nSPS) is 21.5. The lowest BCUT2D eigenvalue weighted by Crippen LogP contribution is -2.49. The van der Waals surface area contributed by atoms with Gasteiger partial charge in [0, 0.05) is 32.7 Å². The molecular weight excluding hydrogens is 358 g/mol. The summed E-state index contributed by atoms with van der Waals surface area (Å²) in [6, 6.07) is 6.02. The predicted molar refractivity (Wildman–Crippen MR) is 105 cm³/mol. The van der Waals surface area contributed by atoms with E-state index in [0.717, 1.165) is 68.8 Å². The van der Waals surface area contributed by atoms with Gasteiger partial charge in [-0.15, -0.1) is 0 Å². The molecule has 0 saturated carbocycles. The van der Waals surface area contributed by atoms with Crippen molar-refractivity contribution >= 4 is 11.9 Å². The Morgan fingerprint density at radius 3 is 2.57 bits per heavy atom. The highest BCUT2D eigenvalue weighted by atomic mass is 16.6. The molecule has 7 nitrogen and oxygen atoms in total. The van der Waals surface area contributed by atoms with Crippen LogP contribution in [0.5, 0.6) is 11.5 Å². The van der Waals surface area contributed by atoms with Crippen LogP contribution >= 0.6 is 0 Å². The van der Waals surface area contributed by atoms with Crippen LogP contribution in [0.25, 0.3) is 0 Å². The van der Waals surface area contributed by atoms with Gasteiger partial charge in [0.25, 0.3) is 0 Å². The van der Waals surface area contributed by atoms with Gasteiger partial charge in [0.2, 0.25) is 5.91 Å². The molecule has 0 spiro atoms. The number of rotatable bonds is 4. The van der Waals surface area contributed by atoms with Gasteiger partial charge < -0.3 is 24.6 Å². The molecule has 2 saturated heterocycles. The molecule has 1 aromatic carbocycles. The zero-order valence-electron chi connectivity index (χ0n) is 16.3. The van der Waals surface area contributed by atoms with Gasteiger partial charge in [-0.05, 0) is 49.8 Å². The molecule has 3 heterocycles. The van der Waals surface area contributed by atoms with Gasteiger partial charge in [0.05, 0.1) is 5.92 Å². The highest BCUT2D eigenvalue weighted by Crippen LogP contribution is 2.30. The molecule has 28 heavy (non-hydrogen) atoms. The van der Waals surface area contributed by atoms with Gasteiger partial charge in [0.1, 0.15) is 13.2 Å². The summed E-state index contributed by atoms with van der Waals surface area (Å²) in [5, 5.41) is 3.05. The summed E-state index contributed by atoms with van der Waals surface area (Å²) in [6.07, 6.45) is 4.65. The lowest BCUT2D eigenvalue weighted by Gasteiger charge is -2.34. The Morgan fingerprint density at radius 2 is 1.75 bits per heavy atom. The highest BCUT2D eigenvalue weighted by molar-refractivity contribution is 5.81. The first kappa shape index (κ1) is 18.9. The van der Waals surface area contributed by atoms with Gasteiger partial charge in [-0.2, -0.15) is 0 Å². The van der Waals surface area contributed by atoms with Gasteiger partial charge >= 0.3 is 6.03 Å².